The summed E-state index contributed by atoms with van der Waals surface area (Å²) in [5.41, 5.74) is 4.24. The highest BCUT2D eigenvalue weighted by atomic mass is 35.5. The van der Waals surface area contributed by atoms with Crippen molar-refractivity contribution in [2.24, 2.45) is 14.1 Å². The van der Waals surface area contributed by atoms with Crippen molar-refractivity contribution in [3.63, 3.8) is 0 Å². The van der Waals surface area contributed by atoms with Gasteiger partial charge >= 0.3 is 19.3 Å². The molecule has 3 aliphatic rings. The van der Waals surface area contributed by atoms with E-state index in [1.165, 1.54) is 12.7 Å². The van der Waals surface area contributed by atoms with E-state index < -0.39 is 11.2 Å². The van der Waals surface area contributed by atoms with E-state index in [1.807, 2.05) is 132 Å². The van der Waals surface area contributed by atoms with E-state index in [9.17, 15) is 9.59 Å². The number of ether oxygens (including phenoxy) is 2. The average molecular weight is 925 g/mol. The highest BCUT2D eigenvalue weighted by Gasteiger charge is 2.53. The molecule has 9 rings (SSSR count). The molecule has 2 amide bonds. The molecule has 1 saturated heterocycles. The molecular formula is C44H58BClN14O6. The van der Waals surface area contributed by atoms with Gasteiger partial charge in [-0.05, 0) is 98.0 Å². The van der Waals surface area contributed by atoms with Gasteiger partial charge in [-0.3, -0.25) is 9.36 Å². The molecule has 0 unspecified atom stereocenters. The van der Waals surface area contributed by atoms with Crippen molar-refractivity contribution in [1.29, 1.82) is 0 Å². The Hall–Kier alpha value is -6.45. The number of carbonyl (C=O) groups excluding carboxylic acids is 2. The molecule has 0 aliphatic carbocycles. The molecule has 0 aromatic carbocycles. The summed E-state index contributed by atoms with van der Waals surface area (Å²) in [7, 11) is 3.33. The number of pyridine rings is 2. The van der Waals surface area contributed by atoms with Gasteiger partial charge in [0.25, 0.3) is 0 Å². The van der Waals surface area contributed by atoms with Gasteiger partial charge < -0.3 is 39.2 Å². The number of carbonyl (C=O) groups is 2. The minimum Gasteiger partial charge on any atom is -0.444 e. The molecule has 3 aliphatic heterocycles. The maximum atomic E-state index is 12.3. The Morgan fingerprint density at radius 1 is 0.727 bits per heavy atom. The molecule has 0 atom stereocenters. The smallest absolute Gasteiger partial charge is 0.444 e. The first kappa shape index (κ1) is 47.5. The van der Waals surface area contributed by atoms with E-state index in [1.54, 1.807) is 40.5 Å². The summed E-state index contributed by atoms with van der Waals surface area (Å²) in [6.45, 7) is 21.3. The summed E-state index contributed by atoms with van der Waals surface area (Å²) in [5, 5.41) is 23.9. The molecule has 9 heterocycles. The van der Waals surface area contributed by atoms with Gasteiger partial charge in [0.05, 0.1) is 27.6 Å². The Kier molecular flexibility index (Phi) is 13.3. The quantitative estimate of drug-likeness (QED) is 0.156. The number of aromatic nitrogens is 10. The van der Waals surface area contributed by atoms with Crippen LogP contribution in [0.2, 0.25) is 5.02 Å². The number of rotatable bonds is 6. The molecule has 1 fully saturated rings. The molecule has 0 bridgehead atoms. The number of hydrogen-bond acceptors (Lipinski definition) is 14. The molecule has 2 N–H and O–H groups in total. The zero-order valence-corrected chi connectivity index (χ0v) is 40.3. The third-order valence-corrected chi connectivity index (χ3v) is 11.0. The number of nitrogens with one attached hydrogen (secondary N) is 2. The van der Waals surface area contributed by atoms with Crippen LogP contribution in [-0.4, -0.2) is 126 Å². The van der Waals surface area contributed by atoms with Crippen LogP contribution in [0.1, 0.15) is 74.8 Å². The summed E-state index contributed by atoms with van der Waals surface area (Å²) in [6.07, 6.45) is 13.7. The number of halogens is 1. The van der Waals surface area contributed by atoms with Gasteiger partial charge in [0.15, 0.2) is 22.9 Å². The van der Waals surface area contributed by atoms with Crippen LogP contribution < -0.4 is 10.6 Å². The van der Waals surface area contributed by atoms with Gasteiger partial charge in [0.1, 0.15) is 23.9 Å². The van der Waals surface area contributed by atoms with E-state index in [4.69, 9.17) is 30.4 Å². The van der Waals surface area contributed by atoms with Crippen molar-refractivity contribution in [3.8, 4) is 0 Å². The third kappa shape index (κ3) is 11.5. The monoisotopic (exact) mass is 924 g/mol. The first-order valence-electron chi connectivity index (χ1n) is 21.5. The lowest BCUT2D eigenvalue weighted by molar-refractivity contribution is 0.00578. The van der Waals surface area contributed by atoms with Crippen molar-refractivity contribution in [3.05, 3.63) is 89.9 Å². The fourth-order valence-electron chi connectivity index (χ4n) is 6.86. The normalized spacial score (nSPS) is 16.7. The van der Waals surface area contributed by atoms with Gasteiger partial charge in [0, 0.05) is 77.2 Å². The summed E-state index contributed by atoms with van der Waals surface area (Å²) < 4.78 is 29.7. The second-order valence-corrected chi connectivity index (χ2v) is 19.5. The van der Waals surface area contributed by atoms with Crippen LogP contribution in [0.4, 0.5) is 32.6 Å². The first-order chi connectivity index (χ1) is 30.9. The van der Waals surface area contributed by atoms with Crippen LogP contribution in [-0.2, 0) is 32.9 Å². The van der Waals surface area contributed by atoms with Crippen molar-refractivity contribution in [2.45, 2.75) is 91.6 Å². The topological polar surface area (TPSA) is 198 Å². The number of anilines is 4. The van der Waals surface area contributed by atoms with Crippen molar-refractivity contribution >= 4 is 70.8 Å². The zero-order chi connectivity index (χ0) is 47.8. The van der Waals surface area contributed by atoms with Gasteiger partial charge in [0.2, 0.25) is 0 Å². The fraction of sp³-hybridized carbons (Fsp3) is 0.455. The van der Waals surface area contributed by atoms with Crippen LogP contribution in [0.15, 0.2) is 79.3 Å². The van der Waals surface area contributed by atoms with Crippen molar-refractivity contribution in [1.82, 2.24) is 58.6 Å². The Bertz CT molecular complexity index is 2760. The molecule has 20 nitrogen and oxygen atoms in total. The highest BCUT2D eigenvalue weighted by Crippen LogP contribution is 2.39. The Labute approximate surface area is 389 Å². The molecular weight excluding hydrogens is 867 g/mol. The van der Waals surface area contributed by atoms with Gasteiger partial charge in [-0.15, -0.1) is 0 Å². The SMILES string of the molecule is CC(C)(C)OC(=O)N1CC=C(B2OC(C)(C)C(C)(C)O2)C1.Cn1ccc(Nc2cc(C3=CCN(C(=O)OC(C)(C)C)C3)cn3ncnc23)n1.Cn1ccc(Nc2cc(Cl)cn3ncnc23)n1. The average Bonchev–Trinajstić information content (AvgIpc) is 4.05. The molecule has 0 saturated carbocycles. The van der Waals surface area contributed by atoms with Crippen LogP contribution in [0, 0.1) is 0 Å². The zero-order valence-electron chi connectivity index (χ0n) is 39.5. The first-order valence-corrected chi connectivity index (χ1v) is 21.9. The van der Waals surface area contributed by atoms with Crippen LogP contribution in [0.3, 0.4) is 0 Å². The Balaban J connectivity index is 0.000000152. The highest BCUT2D eigenvalue weighted by molar-refractivity contribution is 6.55. The number of aryl methyl sites for hydroxylation is 2. The van der Waals surface area contributed by atoms with E-state index >= 15 is 0 Å². The lowest BCUT2D eigenvalue weighted by atomic mass is 9.79. The van der Waals surface area contributed by atoms with Crippen LogP contribution in [0.5, 0.6) is 0 Å². The minimum absolute atomic E-state index is 0.301. The van der Waals surface area contributed by atoms with Crippen LogP contribution in [0.25, 0.3) is 16.9 Å². The molecule has 6 aromatic rings. The van der Waals surface area contributed by atoms with E-state index in [0.29, 0.717) is 42.5 Å². The maximum Gasteiger partial charge on any atom is 0.492 e. The summed E-state index contributed by atoms with van der Waals surface area (Å²) in [6, 6.07) is 7.55. The standard InChI is InChI=1S/C19H23N7O2.C15H26BNO4.C10H9ClN6/c1-19(2,3)28-18(27)25-8-5-13(10-25)14-9-15(17-20-12-21-26(17)11-14)22-16-6-7-24(4)23-16;1-13(2,3)19-12(18)17-9-8-11(10-17)16-20-14(4,5)15(6,7)21-16;1-16-3-2-9(15-16)14-8-4-7(11)5-17-10(8)12-6-13-17/h5-7,9,11-12H,8,10H2,1-4H3,(H,22,23);8H,9-10H2,1-7H3;2-6H,1H3,(H,14,15). The van der Waals surface area contributed by atoms with E-state index in [2.05, 4.69) is 41.0 Å². The Morgan fingerprint density at radius 2 is 1.21 bits per heavy atom. The lowest BCUT2D eigenvalue weighted by Gasteiger charge is -2.32. The van der Waals surface area contributed by atoms with E-state index in [-0.39, 0.29) is 30.5 Å². The maximum absolute atomic E-state index is 12.3. The third-order valence-electron chi connectivity index (χ3n) is 10.8. The second-order valence-electron chi connectivity index (χ2n) is 19.1. The summed E-state index contributed by atoms with van der Waals surface area (Å²) in [4.78, 5) is 36.2. The van der Waals surface area contributed by atoms with Gasteiger partial charge in [-0.25, -0.2) is 28.6 Å². The van der Waals surface area contributed by atoms with Gasteiger partial charge in [-0.1, -0.05) is 23.8 Å². The van der Waals surface area contributed by atoms with Crippen LogP contribution >= 0.6 is 11.6 Å². The summed E-state index contributed by atoms with van der Waals surface area (Å²) >= 11 is 6.00. The molecule has 350 valence electrons. The van der Waals surface area contributed by atoms with Crippen molar-refractivity contribution < 1.29 is 28.4 Å². The predicted octanol–water partition coefficient (Wildman–Crippen LogP) is 7.50. The van der Waals surface area contributed by atoms with Crippen molar-refractivity contribution in [2.75, 3.05) is 36.8 Å². The second kappa shape index (κ2) is 18.4. The number of nitrogens with zero attached hydrogens (tertiary/aromatic N) is 12. The lowest BCUT2D eigenvalue weighted by Crippen LogP contribution is -2.41. The minimum atomic E-state index is -0.515. The number of fused-ring (bicyclic) bond motifs is 2. The molecule has 22 heteroatoms. The Morgan fingerprint density at radius 3 is 1.71 bits per heavy atom. The summed E-state index contributed by atoms with van der Waals surface area (Å²) in [5.74, 6) is 1.46. The molecule has 66 heavy (non-hydrogen) atoms. The number of amides is 2. The molecule has 0 spiro atoms. The molecule has 0 radical (unpaired) electrons. The van der Waals surface area contributed by atoms with E-state index in [0.717, 1.165) is 39.6 Å². The predicted molar refractivity (Wildman–Crippen MR) is 252 cm³/mol. The van der Waals surface area contributed by atoms with Gasteiger partial charge in [-0.2, -0.15) is 20.4 Å². The number of hydrogen-bond donors (Lipinski definition) is 2. The molecule has 6 aromatic heterocycles. The largest absolute Gasteiger partial charge is 0.492 e. The fourth-order valence-corrected chi connectivity index (χ4v) is 7.06.